The minimum atomic E-state index is -3.61. The van der Waals surface area contributed by atoms with Crippen molar-refractivity contribution in [1.29, 1.82) is 0 Å². The maximum absolute atomic E-state index is 13.0. The maximum atomic E-state index is 13.0. The van der Waals surface area contributed by atoms with E-state index in [9.17, 15) is 13.2 Å². The number of benzene rings is 1. The van der Waals surface area contributed by atoms with Gasteiger partial charge in [-0.15, -0.1) is 0 Å². The fraction of sp³-hybridized carbons (Fsp3) is 0.350. The highest BCUT2D eigenvalue weighted by molar-refractivity contribution is 7.89. The van der Waals surface area contributed by atoms with Gasteiger partial charge in [0.05, 0.1) is 21.5 Å². The van der Waals surface area contributed by atoms with Crippen LogP contribution in [0.25, 0.3) is 11.0 Å². The van der Waals surface area contributed by atoms with Crippen molar-refractivity contribution in [3.8, 4) is 0 Å². The van der Waals surface area contributed by atoms with Crippen LogP contribution in [0.3, 0.4) is 0 Å². The van der Waals surface area contributed by atoms with Crippen molar-refractivity contribution >= 4 is 32.7 Å². The highest BCUT2D eigenvalue weighted by Gasteiger charge is 2.22. The summed E-state index contributed by atoms with van der Waals surface area (Å²) in [5, 5.41) is 7.85. The van der Waals surface area contributed by atoms with E-state index in [1.165, 1.54) is 16.4 Å². The van der Waals surface area contributed by atoms with Crippen LogP contribution in [-0.4, -0.2) is 46.5 Å². The summed E-state index contributed by atoms with van der Waals surface area (Å²) in [4.78, 5) is 17.6. The third-order valence-corrected chi connectivity index (χ3v) is 6.82. The number of sulfonamides is 1. The number of anilines is 1. The SMILES string of the molecule is CCN(CC)S(=O)(=O)c1cccc(NC(=O)c2cc(C)nc3c2c(C)nn3C)c1. The molecule has 0 unspecified atom stereocenters. The van der Waals surface area contributed by atoms with Gasteiger partial charge < -0.3 is 5.32 Å². The monoisotopic (exact) mass is 415 g/mol. The Hall–Kier alpha value is -2.78. The molecule has 1 N–H and O–H groups in total. The van der Waals surface area contributed by atoms with E-state index in [0.717, 1.165) is 0 Å². The molecule has 154 valence electrons. The van der Waals surface area contributed by atoms with E-state index in [1.807, 2.05) is 13.8 Å². The number of rotatable bonds is 6. The Morgan fingerprint density at radius 1 is 1.17 bits per heavy atom. The van der Waals surface area contributed by atoms with Crippen LogP contribution in [0.5, 0.6) is 0 Å². The summed E-state index contributed by atoms with van der Waals surface area (Å²) in [7, 11) is -1.83. The molecule has 0 aliphatic carbocycles. The minimum Gasteiger partial charge on any atom is -0.322 e. The Kier molecular flexibility index (Phi) is 5.72. The van der Waals surface area contributed by atoms with Gasteiger partial charge >= 0.3 is 0 Å². The second kappa shape index (κ2) is 7.92. The van der Waals surface area contributed by atoms with Crippen molar-refractivity contribution in [3.63, 3.8) is 0 Å². The van der Waals surface area contributed by atoms with E-state index in [2.05, 4.69) is 15.4 Å². The predicted molar refractivity (Wildman–Crippen MR) is 112 cm³/mol. The first-order chi connectivity index (χ1) is 13.7. The number of aromatic nitrogens is 3. The summed E-state index contributed by atoms with van der Waals surface area (Å²) in [6.45, 7) is 7.98. The lowest BCUT2D eigenvalue weighted by Gasteiger charge is -2.19. The van der Waals surface area contributed by atoms with Crippen LogP contribution in [0.2, 0.25) is 0 Å². The van der Waals surface area contributed by atoms with E-state index in [0.29, 0.717) is 46.8 Å². The predicted octanol–water partition coefficient (Wildman–Crippen LogP) is 2.87. The Morgan fingerprint density at radius 3 is 2.52 bits per heavy atom. The molecule has 29 heavy (non-hydrogen) atoms. The van der Waals surface area contributed by atoms with Crippen LogP contribution in [0.1, 0.15) is 35.6 Å². The molecule has 1 aromatic carbocycles. The summed E-state index contributed by atoms with van der Waals surface area (Å²) in [6, 6.07) is 8.01. The largest absolute Gasteiger partial charge is 0.322 e. The number of fused-ring (bicyclic) bond motifs is 1. The molecule has 0 bridgehead atoms. The summed E-state index contributed by atoms with van der Waals surface area (Å²) in [5.74, 6) is -0.339. The van der Waals surface area contributed by atoms with E-state index in [-0.39, 0.29) is 10.8 Å². The summed E-state index contributed by atoms with van der Waals surface area (Å²) >= 11 is 0. The van der Waals surface area contributed by atoms with Crippen LogP contribution in [0.4, 0.5) is 5.69 Å². The number of carbonyl (C=O) groups is 1. The zero-order chi connectivity index (χ0) is 21.3. The second-order valence-corrected chi connectivity index (χ2v) is 8.73. The van der Waals surface area contributed by atoms with Crippen molar-refractivity contribution in [1.82, 2.24) is 19.1 Å². The van der Waals surface area contributed by atoms with Crippen LogP contribution in [-0.2, 0) is 17.1 Å². The Labute approximate surface area is 170 Å². The molecule has 0 radical (unpaired) electrons. The van der Waals surface area contributed by atoms with Crippen LogP contribution in [0, 0.1) is 13.8 Å². The summed E-state index contributed by atoms with van der Waals surface area (Å²) in [6.07, 6.45) is 0. The number of amides is 1. The highest BCUT2D eigenvalue weighted by Crippen LogP contribution is 2.24. The average molecular weight is 416 g/mol. The molecule has 0 aliphatic heterocycles. The van der Waals surface area contributed by atoms with Gasteiger partial charge in [0.1, 0.15) is 0 Å². The van der Waals surface area contributed by atoms with Crippen molar-refractivity contribution in [2.24, 2.45) is 7.05 Å². The first-order valence-corrected chi connectivity index (χ1v) is 10.9. The lowest BCUT2D eigenvalue weighted by molar-refractivity contribution is 0.102. The third-order valence-electron chi connectivity index (χ3n) is 4.78. The molecule has 0 aliphatic rings. The minimum absolute atomic E-state index is 0.146. The van der Waals surface area contributed by atoms with Crippen molar-refractivity contribution in [3.05, 3.63) is 47.3 Å². The molecule has 0 atom stereocenters. The highest BCUT2D eigenvalue weighted by atomic mass is 32.2. The van der Waals surface area contributed by atoms with E-state index in [1.54, 1.807) is 43.8 Å². The van der Waals surface area contributed by atoms with Crippen molar-refractivity contribution < 1.29 is 13.2 Å². The molecule has 2 aromatic heterocycles. The first-order valence-electron chi connectivity index (χ1n) is 9.41. The van der Waals surface area contributed by atoms with Crippen molar-refractivity contribution in [2.45, 2.75) is 32.6 Å². The molecule has 0 saturated heterocycles. The fourth-order valence-electron chi connectivity index (χ4n) is 3.39. The van der Waals surface area contributed by atoms with Crippen LogP contribution in [0.15, 0.2) is 35.2 Å². The molecule has 1 amide bonds. The van der Waals surface area contributed by atoms with Crippen LogP contribution < -0.4 is 5.32 Å². The number of hydrogen-bond donors (Lipinski definition) is 1. The fourth-order valence-corrected chi connectivity index (χ4v) is 4.90. The number of hydrogen-bond acceptors (Lipinski definition) is 5. The molecule has 3 aromatic rings. The average Bonchev–Trinajstić information content (AvgIpc) is 2.95. The van der Waals surface area contributed by atoms with E-state index >= 15 is 0 Å². The molecule has 2 heterocycles. The van der Waals surface area contributed by atoms with Gasteiger partial charge in [0.15, 0.2) is 5.65 Å². The molecule has 0 fully saturated rings. The molecule has 0 saturated carbocycles. The Bertz CT molecular complexity index is 1180. The van der Waals surface area contributed by atoms with Gasteiger partial charge in [0, 0.05) is 31.5 Å². The smallest absolute Gasteiger partial charge is 0.256 e. The third kappa shape index (κ3) is 3.88. The normalized spacial score (nSPS) is 11.9. The number of pyridine rings is 1. The topological polar surface area (TPSA) is 97.2 Å². The molecule has 8 nitrogen and oxygen atoms in total. The second-order valence-electron chi connectivity index (χ2n) is 6.79. The molecule has 3 rings (SSSR count). The van der Waals surface area contributed by atoms with Gasteiger partial charge in [0.25, 0.3) is 5.91 Å². The number of aryl methyl sites for hydroxylation is 3. The zero-order valence-electron chi connectivity index (χ0n) is 17.2. The van der Waals surface area contributed by atoms with Gasteiger partial charge in [-0.1, -0.05) is 19.9 Å². The number of nitrogens with one attached hydrogen (secondary N) is 1. The van der Waals surface area contributed by atoms with Gasteiger partial charge in [-0.2, -0.15) is 9.40 Å². The molecular weight excluding hydrogens is 390 g/mol. The lowest BCUT2D eigenvalue weighted by atomic mass is 10.1. The van der Waals surface area contributed by atoms with Crippen LogP contribution >= 0.6 is 0 Å². The molecule has 0 spiro atoms. The Balaban J connectivity index is 1.98. The number of nitrogens with zero attached hydrogens (tertiary/aromatic N) is 4. The number of carbonyl (C=O) groups excluding carboxylic acids is 1. The van der Waals surface area contributed by atoms with Crippen molar-refractivity contribution in [2.75, 3.05) is 18.4 Å². The summed E-state index contributed by atoms with van der Waals surface area (Å²) < 4.78 is 28.5. The first kappa shape index (κ1) is 20.9. The molecular formula is C20H25N5O3S. The maximum Gasteiger partial charge on any atom is 0.256 e. The lowest BCUT2D eigenvalue weighted by Crippen LogP contribution is -2.30. The van der Waals surface area contributed by atoms with E-state index in [4.69, 9.17) is 0 Å². The zero-order valence-corrected chi connectivity index (χ0v) is 18.0. The molecule has 9 heteroatoms. The van der Waals surface area contributed by atoms with Gasteiger partial charge in [-0.05, 0) is 38.1 Å². The van der Waals surface area contributed by atoms with E-state index < -0.39 is 10.0 Å². The van der Waals surface area contributed by atoms with Gasteiger partial charge in [-0.25, -0.2) is 13.4 Å². The quantitative estimate of drug-likeness (QED) is 0.668. The Morgan fingerprint density at radius 2 is 1.86 bits per heavy atom. The van der Waals surface area contributed by atoms with Gasteiger partial charge in [0.2, 0.25) is 10.0 Å². The summed E-state index contributed by atoms with van der Waals surface area (Å²) in [5.41, 5.74) is 2.90. The van der Waals surface area contributed by atoms with Gasteiger partial charge in [-0.3, -0.25) is 9.48 Å². The standard InChI is InChI=1S/C20H25N5O3S/c1-6-25(7-2)29(27,28)16-10-8-9-15(12-16)22-20(26)17-11-13(3)21-19-18(17)14(4)23-24(19)5/h8-12H,6-7H2,1-5H3,(H,22,26).